The van der Waals surface area contributed by atoms with E-state index in [1.165, 1.54) is 12.8 Å². The highest BCUT2D eigenvalue weighted by molar-refractivity contribution is 9.10. The molecular formula is C11H15BrN2O. The molecule has 0 aromatic carbocycles. The van der Waals surface area contributed by atoms with Crippen LogP contribution in [0.15, 0.2) is 27.6 Å². The van der Waals surface area contributed by atoms with Crippen LogP contribution in [-0.4, -0.2) is 17.7 Å². The van der Waals surface area contributed by atoms with Crippen molar-refractivity contribution < 1.29 is 0 Å². The molecule has 4 heteroatoms. The van der Waals surface area contributed by atoms with Crippen molar-refractivity contribution >= 4 is 15.9 Å². The van der Waals surface area contributed by atoms with Gasteiger partial charge in [-0.3, -0.25) is 4.79 Å². The molecule has 3 nitrogen and oxygen atoms in total. The van der Waals surface area contributed by atoms with E-state index in [4.69, 9.17) is 0 Å². The second-order valence-electron chi connectivity index (χ2n) is 4.03. The van der Waals surface area contributed by atoms with Crippen LogP contribution in [0.1, 0.15) is 12.8 Å². The summed E-state index contributed by atoms with van der Waals surface area (Å²) in [5, 5.41) is 3.37. The predicted molar refractivity (Wildman–Crippen MR) is 64.0 cm³/mol. The van der Waals surface area contributed by atoms with Crippen LogP contribution in [0.2, 0.25) is 0 Å². The zero-order valence-corrected chi connectivity index (χ0v) is 10.2. The first kappa shape index (κ1) is 10.9. The summed E-state index contributed by atoms with van der Waals surface area (Å²) in [4.78, 5) is 11.4. The zero-order chi connectivity index (χ0) is 10.7. The quantitative estimate of drug-likeness (QED) is 0.825. The Kier molecular flexibility index (Phi) is 3.59. The van der Waals surface area contributed by atoms with Gasteiger partial charge in [0.25, 0.3) is 5.56 Å². The molecule has 0 atom stereocenters. The van der Waals surface area contributed by atoms with E-state index in [2.05, 4.69) is 21.2 Å². The van der Waals surface area contributed by atoms with Crippen molar-refractivity contribution in [2.45, 2.75) is 19.4 Å². The van der Waals surface area contributed by atoms with Crippen molar-refractivity contribution in [3.05, 3.63) is 33.2 Å². The van der Waals surface area contributed by atoms with E-state index < -0.39 is 0 Å². The molecule has 0 spiro atoms. The molecule has 1 aliphatic carbocycles. The van der Waals surface area contributed by atoms with Crippen LogP contribution >= 0.6 is 15.9 Å². The van der Waals surface area contributed by atoms with E-state index in [0.717, 1.165) is 30.0 Å². The van der Waals surface area contributed by atoms with E-state index in [0.29, 0.717) is 0 Å². The van der Waals surface area contributed by atoms with Crippen molar-refractivity contribution in [2.24, 2.45) is 5.92 Å². The average Bonchev–Trinajstić information content (AvgIpc) is 3.01. The Bertz CT molecular complexity index is 384. The first-order chi connectivity index (χ1) is 7.25. The largest absolute Gasteiger partial charge is 0.315 e. The summed E-state index contributed by atoms with van der Waals surface area (Å²) in [5.74, 6) is 0.893. The lowest BCUT2D eigenvalue weighted by Gasteiger charge is -2.06. The number of nitrogens with one attached hydrogen (secondary N) is 1. The average molecular weight is 271 g/mol. The van der Waals surface area contributed by atoms with E-state index in [9.17, 15) is 4.79 Å². The summed E-state index contributed by atoms with van der Waals surface area (Å²) >= 11 is 3.36. The minimum Gasteiger partial charge on any atom is -0.315 e. The monoisotopic (exact) mass is 270 g/mol. The van der Waals surface area contributed by atoms with Crippen molar-refractivity contribution in [3.8, 4) is 0 Å². The molecule has 1 aliphatic rings. The van der Waals surface area contributed by atoms with Gasteiger partial charge in [-0.05, 0) is 47.3 Å². The minimum atomic E-state index is 0.0615. The molecule has 1 aromatic heterocycles. The summed E-state index contributed by atoms with van der Waals surface area (Å²) in [5.41, 5.74) is 0.0615. The van der Waals surface area contributed by atoms with E-state index in [1.807, 2.05) is 6.20 Å². The molecule has 0 amide bonds. The van der Waals surface area contributed by atoms with Gasteiger partial charge in [0.1, 0.15) is 0 Å². The van der Waals surface area contributed by atoms with Crippen molar-refractivity contribution in [1.82, 2.24) is 9.88 Å². The second-order valence-corrected chi connectivity index (χ2v) is 4.94. The maximum absolute atomic E-state index is 11.4. The van der Waals surface area contributed by atoms with E-state index in [1.54, 1.807) is 16.7 Å². The molecule has 15 heavy (non-hydrogen) atoms. The SMILES string of the molecule is O=c1ccc(Br)cn1CCNCC1CC1. The molecule has 0 saturated heterocycles. The van der Waals surface area contributed by atoms with Crippen molar-refractivity contribution in [3.63, 3.8) is 0 Å². The lowest BCUT2D eigenvalue weighted by Crippen LogP contribution is -2.27. The summed E-state index contributed by atoms with van der Waals surface area (Å²) < 4.78 is 2.67. The summed E-state index contributed by atoms with van der Waals surface area (Å²) in [7, 11) is 0. The molecule has 1 aromatic rings. The molecule has 0 radical (unpaired) electrons. The smallest absolute Gasteiger partial charge is 0.250 e. The fraction of sp³-hybridized carbons (Fsp3) is 0.545. The van der Waals surface area contributed by atoms with Crippen molar-refractivity contribution in [2.75, 3.05) is 13.1 Å². The van der Waals surface area contributed by atoms with E-state index in [-0.39, 0.29) is 5.56 Å². The molecule has 1 saturated carbocycles. The minimum absolute atomic E-state index is 0.0615. The molecule has 1 heterocycles. The lowest BCUT2D eigenvalue weighted by molar-refractivity contribution is 0.566. The number of halogens is 1. The number of pyridine rings is 1. The molecular weight excluding hydrogens is 256 g/mol. The zero-order valence-electron chi connectivity index (χ0n) is 8.58. The molecule has 0 unspecified atom stereocenters. The Labute approximate surface area is 97.6 Å². The highest BCUT2D eigenvalue weighted by atomic mass is 79.9. The molecule has 82 valence electrons. The highest BCUT2D eigenvalue weighted by Crippen LogP contribution is 2.27. The van der Waals surface area contributed by atoms with Gasteiger partial charge in [0, 0.05) is 29.8 Å². The van der Waals surface area contributed by atoms with Gasteiger partial charge in [-0.25, -0.2) is 0 Å². The Morgan fingerprint density at radius 2 is 2.27 bits per heavy atom. The Balaban J connectivity index is 1.81. The second kappa shape index (κ2) is 4.94. The molecule has 1 fully saturated rings. The van der Waals surface area contributed by atoms with Crippen LogP contribution in [0.3, 0.4) is 0 Å². The van der Waals surface area contributed by atoms with Crippen LogP contribution in [0.25, 0.3) is 0 Å². The Morgan fingerprint density at radius 3 is 3.00 bits per heavy atom. The topological polar surface area (TPSA) is 34.0 Å². The highest BCUT2D eigenvalue weighted by Gasteiger charge is 2.19. The number of hydrogen-bond donors (Lipinski definition) is 1. The third-order valence-electron chi connectivity index (χ3n) is 2.61. The van der Waals surface area contributed by atoms with Gasteiger partial charge < -0.3 is 9.88 Å². The summed E-state index contributed by atoms with van der Waals surface area (Å²) in [6, 6.07) is 3.36. The number of rotatable bonds is 5. The van der Waals surface area contributed by atoms with Gasteiger partial charge in [0.05, 0.1) is 0 Å². The number of aromatic nitrogens is 1. The predicted octanol–water partition coefficient (Wildman–Crippen LogP) is 1.61. The van der Waals surface area contributed by atoms with Crippen LogP contribution < -0.4 is 10.9 Å². The van der Waals surface area contributed by atoms with Crippen LogP contribution in [0.5, 0.6) is 0 Å². The maximum Gasteiger partial charge on any atom is 0.250 e. The standard InChI is InChI=1S/C11H15BrN2O/c12-10-3-4-11(15)14(8-10)6-5-13-7-9-1-2-9/h3-4,8-9,13H,1-2,5-7H2. The van der Waals surface area contributed by atoms with Crippen LogP contribution in [-0.2, 0) is 6.54 Å². The van der Waals surface area contributed by atoms with Gasteiger partial charge in [-0.2, -0.15) is 0 Å². The fourth-order valence-electron chi connectivity index (χ4n) is 1.50. The Hall–Kier alpha value is -0.610. The van der Waals surface area contributed by atoms with Gasteiger partial charge in [-0.15, -0.1) is 0 Å². The maximum atomic E-state index is 11.4. The van der Waals surface area contributed by atoms with Crippen LogP contribution in [0, 0.1) is 5.92 Å². The van der Waals surface area contributed by atoms with E-state index >= 15 is 0 Å². The molecule has 0 aliphatic heterocycles. The fourth-order valence-corrected chi connectivity index (χ4v) is 1.88. The Morgan fingerprint density at radius 1 is 1.47 bits per heavy atom. The summed E-state index contributed by atoms with van der Waals surface area (Å²) in [6.07, 6.45) is 4.56. The number of hydrogen-bond acceptors (Lipinski definition) is 2. The first-order valence-electron chi connectivity index (χ1n) is 5.32. The third-order valence-corrected chi connectivity index (χ3v) is 3.08. The van der Waals surface area contributed by atoms with Gasteiger partial charge in [0.15, 0.2) is 0 Å². The van der Waals surface area contributed by atoms with Gasteiger partial charge in [0.2, 0.25) is 0 Å². The molecule has 2 rings (SSSR count). The van der Waals surface area contributed by atoms with Crippen LogP contribution in [0.4, 0.5) is 0 Å². The first-order valence-corrected chi connectivity index (χ1v) is 6.12. The summed E-state index contributed by atoms with van der Waals surface area (Å²) in [6.45, 7) is 2.71. The normalized spacial score (nSPS) is 15.5. The van der Waals surface area contributed by atoms with Gasteiger partial charge in [-0.1, -0.05) is 0 Å². The third kappa shape index (κ3) is 3.47. The number of nitrogens with zero attached hydrogens (tertiary/aromatic N) is 1. The lowest BCUT2D eigenvalue weighted by atomic mass is 10.4. The molecule has 1 N–H and O–H groups in total. The molecule has 0 bridgehead atoms. The van der Waals surface area contributed by atoms with Gasteiger partial charge >= 0.3 is 0 Å². The van der Waals surface area contributed by atoms with Crippen molar-refractivity contribution in [1.29, 1.82) is 0 Å².